The zero-order valence-corrected chi connectivity index (χ0v) is 9.18. The molecule has 0 aromatic heterocycles. The van der Waals surface area contributed by atoms with E-state index in [1.807, 2.05) is 13.8 Å². The van der Waals surface area contributed by atoms with Crippen molar-refractivity contribution >= 4 is 0 Å². The lowest BCUT2D eigenvalue weighted by atomic mass is 9.85. The van der Waals surface area contributed by atoms with Gasteiger partial charge in [-0.3, -0.25) is 0 Å². The Morgan fingerprint density at radius 3 is 1.42 bits per heavy atom. The largest absolute Gasteiger partial charge is 0.390 e. The average Bonchev–Trinajstić information content (AvgIpc) is 2.35. The summed E-state index contributed by atoms with van der Waals surface area (Å²) in [5.41, 5.74) is -0.137. The molecule has 0 aromatic carbocycles. The zero-order valence-electron chi connectivity index (χ0n) is 9.18. The minimum atomic E-state index is -0.489. The Hall–Kier alpha value is -0.0400. The molecule has 1 aliphatic rings. The van der Waals surface area contributed by atoms with Crippen LogP contribution in [0.4, 0.5) is 0 Å². The van der Waals surface area contributed by atoms with Crippen molar-refractivity contribution in [1.29, 1.82) is 0 Å². The Morgan fingerprint density at radius 2 is 1.33 bits per heavy atom. The lowest BCUT2D eigenvalue weighted by Crippen LogP contribution is -2.25. The smallest absolute Gasteiger partial charge is 0.0625 e. The van der Waals surface area contributed by atoms with E-state index in [1.165, 1.54) is 0 Å². The van der Waals surface area contributed by atoms with Crippen LogP contribution < -0.4 is 0 Å². The second kappa shape index (κ2) is 2.47. The second-order valence-electron chi connectivity index (χ2n) is 5.93. The topological polar surface area (TPSA) is 20.2 Å². The summed E-state index contributed by atoms with van der Waals surface area (Å²) in [6, 6.07) is 0. The molecule has 1 nitrogen and oxygen atoms in total. The van der Waals surface area contributed by atoms with Crippen molar-refractivity contribution in [3.8, 4) is 0 Å². The van der Waals surface area contributed by atoms with Gasteiger partial charge in [0.1, 0.15) is 0 Å². The number of hydrogen-bond acceptors (Lipinski definition) is 1. The third-order valence-electron chi connectivity index (χ3n) is 3.19. The van der Waals surface area contributed by atoms with Crippen LogP contribution in [0.3, 0.4) is 0 Å². The van der Waals surface area contributed by atoms with Crippen LogP contribution in [-0.2, 0) is 0 Å². The van der Waals surface area contributed by atoms with E-state index in [2.05, 4.69) is 27.7 Å². The fourth-order valence-electron chi connectivity index (χ4n) is 2.87. The van der Waals surface area contributed by atoms with Crippen molar-refractivity contribution in [2.75, 3.05) is 0 Å². The molecule has 1 rings (SSSR count). The van der Waals surface area contributed by atoms with Crippen molar-refractivity contribution in [3.05, 3.63) is 0 Å². The second-order valence-corrected chi connectivity index (χ2v) is 5.93. The standard InChI is InChI=1S/C11H22O/c1-7-8(10(2,3)4)9(7)11(5,6)12/h7-9,12H,1-6H3/t7-,8+,9+/m0/s1. The molecule has 0 unspecified atom stereocenters. The number of aliphatic hydroxyl groups is 1. The summed E-state index contributed by atoms with van der Waals surface area (Å²) in [5, 5.41) is 9.86. The van der Waals surface area contributed by atoms with E-state index in [0.29, 0.717) is 23.2 Å². The van der Waals surface area contributed by atoms with Crippen LogP contribution in [0.15, 0.2) is 0 Å². The molecule has 0 aromatic rings. The van der Waals surface area contributed by atoms with Crippen molar-refractivity contribution in [1.82, 2.24) is 0 Å². The van der Waals surface area contributed by atoms with Gasteiger partial charge in [-0.1, -0.05) is 27.7 Å². The summed E-state index contributed by atoms with van der Waals surface area (Å²) < 4.78 is 0. The van der Waals surface area contributed by atoms with E-state index in [1.54, 1.807) is 0 Å². The van der Waals surface area contributed by atoms with Crippen LogP contribution in [0.1, 0.15) is 41.5 Å². The third kappa shape index (κ3) is 1.66. The molecule has 12 heavy (non-hydrogen) atoms. The fraction of sp³-hybridized carbons (Fsp3) is 1.00. The molecule has 0 radical (unpaired) electrons. The predicted octanol–water partition coefficient (Wildman–Crippen LogP) is 2.69. The molecule has 1 heteroatoms. The zero-order chi connectivity index (χ0) is 9.73. The van der Waals surface area contributed by atoms with Crippen LogP contribution >= 0.6 is 0 Å². The monoisotopic (exact) mass is 170 g/mol. The lowest BCUT2D eigenvalue weighted by Gasteiger charge is -2.23. The lowest BCUT2D eigenvalue weighted by molar-refractivity contribution is 0.0406. The van der Waals surface area contributed by atoms with Crippen LogP contribution in [-0.4, -0.2) is 10.7 Å². The maximum Gasteiger partial charge on any atom is 0.0625 e. The quantitative estimate of drug-likeness (QED) is 0.641. The summed E-state index contributed by atoms with van der Waals surface area (Å²) >= 11 is 0. The molecule has 0 saturated heterocycles. The van der Waals surface area contributed by atoms with Crippen molar-refractivity contribution in [2.45, 2.75) is 47.1 Å². The van der Waals surface area contributed by atoms with Crippen LogP contribution in [0.5, 0.6) is 0 Å². The molecule has 1 aliphatic carbocycles. The Kier molecular flexibility index (Phi) is 2.07. The van der Waals surface area contributed by atoms with E-state index in [-0.39, 0.29) is 0 Å². The molecule has 0 bridgehead atoms. The van der Waals surface area contributed by atoms with Gasteiger partial charge in [0, 0.05) is 0 Å². The van der Waals surface area contributed by atoms with Crippen LogP contribution in [0.2, 0.25) is 0 Å². The summed E-state index contributed by atoms with van der Waals surface area (Å²) in [6.07, 6.45) is 0. The van der Waals surface area contributed by atoms with E-state index in [4.69, 9.17) is 0 Å². The Balaban J connectivity index is 2.67. The molecular formula is C11H22O. The van der Waals surface area contributed by atoms with Crippen molar-refractivity contribution < 1.29 is 5.11 Å². The highest BCUT2D eigenvalue weighted by atomic mass is 16.3. The normalized spacial score (nSPS) is 36.8. The predicted molar refractivity (Wildman–Crippen MR) is 51.9 cm³/mol. The van der Waals surface area contributed by atoms with E-state index < -0.39 is 5.60 Å². The summed E-state index contributed by atoms with van der Waals surface area (Å²) in [5.74, 6) is 1.87. The molecule has 0 heterocycles. The molecule has 3 atom stereocenters. The van der Waals surface area contributed by atoms with Gasteiger partial charge in [0.15, 0.2) is 0 Å². The highest BCUT2D eigenvalue weighted by Gasteiger charge is 2.58. The summed E-state index contributed by atoms with van der Waals surface area (Å²) in [7, 11) is 0. The first-order valence-corrected chi connectivity index (χ1v) is 4.88. The minimum Gasteiger partial charge on any atom is -0.390 e. The molecule has 1 saturated carbocycles. The van der Waals surface area contributed by atoms with Gasteiger partial charge < -0.3 is 5.11 Å². The SMILES string of the molecule is C[C@H]1[C@@H](C(C)(C)C)[C@@H]1C(C)(C)O. The van der Waals surface area contributed by atoms with Crippen LogP contribution in [0.25, 0.3) is 0 Å². The average molecular weight is 170 g/mol. The Bertz CT molecular complexity index is 150. The van der Waals surface area contributed by atoms with Gasteiger partial charge in [-0.05, 0) is 37.0 Å². The molecule has 0 aliphatic heterocycles. The summed E-state index contributed by atoms with van der Waals surface area (Å²) in [4.78, 5) is 0. The molecular weight excluding hydrogens is 148 g/mol. The van der Waals surface area contributed by atoms with E-state index in [0.717, 1.165) is 0 Å². The molecule has 0 amide bonds. The molecule has 1 fully saturated rings. The van der Waals surface area contributed by atoms with Gasteiger partial charge in [-0.2, -0.15) is 0 Å². The molecule has 0 spiro atoms. The summed E-state index contributed by atoms with van der Waals surface area (Å²) in [6.45, 7) is 12.9. The first kappa shape index (κ1) is 10.0. The van der Waals surface area contributed by atoms with Gasteiger partial charge in [0.25, 0.3) is 0 Å². The Morgan fingerprint density at radius 1 is 0.917 bits per heavy atom. The van der Waals surface area contributed by atoms with Gasteiger partial charge in [0.05, 0.1) is 5.60 Å². The van der Waals surface area contributed by atoms with Gasteiger partial charge >= 0.3 is 0 Å². The number of rotatable bonds is 1. The number of hydrogen-bond donors (Lipinski definition) is 1. The van der Waals surface area contributed by atoms with Gasteiger partial charge in [0.2, 0.25) is 0 Å². The van der Waals surface area contributed by atoms with E-state index >= 15 is 0 Å². The molecule has 72 valence electrons. The third-order valence-corrected chi connectivity index (χ3v) is 3.19. The highest BCUT2D eigenvalue weighted by molar-refractivity contribution is 5.06. The highest BCUT2D eigenvalue weighted by Crippen LogP contribution is 2.60. The van der Waals surface area contributed by atoms with Crippen molar-refractivity contribution in [2.24, 2.45) is 23.2 Å². The first-order valence-electron chi connectivity index (χ1n) is 4.88. The maximum atomic E-state index is 9.86. The molecule has 1 N–H and O–H groups in total. The van der Waals surface area contributed by atoms with E-state index in [9.17, 15) is 5.11 Å². The minimum absolute atomic E-state index is 0.351. The maximum absolute atomic E-state index is 9.86. The van der Waals surface area contributed by atoms with Crippen molar-refractivity contribution in [3.63, 3.8) is 0 Å². The first-order chi connectivity index (χ1) is 5.15. The van der Waals surface area contributed by atoms with Gasteiger partial charge in [-0.15, -0.1) is 0 Å². The fourth-order valence-corrected chi connectivity index (χ4v) is 2.87. The van der Waals surface area contributed by atoms with Crippen LogP contribution in [0, 0.1) is 23.2 Å². The Labute approximate surface area is 76.2 Å². The van der Waals surface area contributed by atoms with Gasteiger partial charge in [-0.25, -0.2) is 0 Å².